The summed E-state index contributed by atoms with van der Waals surface area (Å²) in [5.41, 5.74) is 0. The van der Waals surface area contributed by atoms with E-state index in [4.69, 9.17) is 12.2 Å². The Labute approximate surface area is 92.6 Å². The van der Waals surface area contributed by atoms with Crippen LogP contribution in [-0.2, 0) is 0 Å². The van der Waals surface area contributed by atoms with Crippen LogP contribution in [0.3, 0.4) is 0 Å². The van der Waals surface area contributed by atoms with Crippen LogP contribution in [0.4, 0.5) is 0 Å². The van der Waals surface area contributed by atoms with Crippen LogP contribution in [0.25, 0.3) is 0 Å². The topological polar surface area (TPSA) is 15.8 Å². The standard InChI is InChI=1S/C11H19NSSi/c1-11(2,3)14(4,5)9-7-6-8-12-10(9)13/h6-8H,1-5H3,(H,12,13). The van der Waals surface area contributed by atoms with E-state index in [0.717, 1.165) is 4.64 Å². The summed E-state index contributed by atoms with van der Waals surface area (Å²) in [6, 6.07) is 4.22. The third-order valence-corrected chi connectivity index (χ3v) is 9.40. The zero-order chi connectivity index (χ0) is 11.0. The Balaban J connectivity index is 3.31. The number of hydrogen-bond donors (Lipinski definition) is 1. The van der Waals surface area contributed by atoms with Gasteiger partial charge in [-0.05, 0) is 16.3 Å². The molecule has 0 aliphatic carbocycles. The summed E-state index contributed by atoms with van der Waals surface area (Å²) in [5.74, 6) is 0. The van der Waals surface area contributed by atoms with Gasteiger partial charge in [-0.15, -0.1) is 0 Å². The van der Waals surface area contributed by atoms with Crippen LogP contribution in [0.2, 0.25) is 18.1 Å². The largest absolute Gasteiger partial charge is 0.353 e. The molecule has 1 aromatic rings. The van der Waals surface area contributed by atoms with Gasteiger partial charge in [-0.25, -0.2) is 0 Å². The van der Waals surface area contributed by atoms with Gasteiger partial charge < -0.3 is 4.98 Å². The highest BCUT2D eigenvalue weighted by atomic mass is 32.1. The molecule has 0 fully saturated rings. The van der Waals surface area contributed by atoms with Gasteiger partial charge in [0, 0.05) is 6.20 Å². The maximum atomic E-state index is 5.35. The number of rotatable bonds is 1. The van der Waals surface area contributed by atoms with Crippen molar-refractivity contribution in [1.29, 1.82) is 0 Å². The lowest BCUT2D eigenvalue weighted by molar-refractivity contribution is 0.729. The van der Waals surface area contributed by atoms with E-state index in [-0.39, 0.29) is 0 Å². The van der Waals surface area contributed by atoms with Crippen molar-refractivity contribution in [2.75, 3.05) is 0 Å². The molecular formula is C11H19NSSi. The molecule has 0 aliphatic heterocycles. The molecule has 1 aromatic heterocycles. The van der Waals surface area contributed by atoms with Crippen molar-refractivity contribution in [3.05, 3.63) is 23.0 Å². The molecule has 1 nitrogen and oxygen atoms in total. The molecule has 0 spiro atoms. The lowest BCUT2D eigenvalue weighted by atomic mass is 10.2. The second-order valence-corrected chi connectivity index (χ2v) is 11.0. The Morgan fingerprint density at radius 2 is 1.86 bits per heavy atom. The highest BCUT2D eigenvalue weighted by molar-refractivity contribution is 7.71. The molecule has 0 aliphatic rings. The molecule has 0 saturated heterocycles. The molecule has 0 radical (unpaired) electrons. The third kappa shape index (κ3) is 1.98. The van der Waals surface area contributed by atoms with E-state index in [9.17, 15) is 0 Å². The minimum absolute atomic E-state index is 0.343. The number of aromatic amines is 1. The van der Waals surface area contributed by atoms with Crippen molar-refractivity contribution in [3.8, 4) is 0 Å². The molecule has 0 unspecified atom stereocenters. The summed E-state index contributed by atoms with van der Waals surface area (Å²) in [6.07, 6.45) is 1.90. The fourth-order valence-electron chi connectivity index (χ4n) is 1.32. The van der Waals surface area contributed by atoms with Gasteiger partial charge in [0.2, 0.25) is 0 Å². The van der Waals surface area contributed by atoms with Crippen molar-refractivity contribution < 1.29 is 0 Å². The zero-order valence-corrected chi connectivity index (χ0v) is 11.5. The minimum atomic E-state index is -1.46. The highest BCUT2D eigenvalue weighted by Crippen LogP contribution is 2.35. The first kappa shape index (κ1) is 11.7. The molecule has 0 atom stereocenters. The number of H-pyrrole nitrogens is 1. The Morgan fingerprint density at radius 3 is 2.29 bits per heavy atom. The predicted octanol–water partition coefficient (Wildman–Crippen LogP) is 3.46. The van der Waals surface area contributed by atoms with E-state index in [2.05, 4.69) is 44.9 Å². The average Bonchev–Trinajstić information content (AvgIpc) is 2.02. The summed E-state index contributed by atoms with van der Waals surface area (Å²) in [6.45, 7) is 11.7. The van der Waals surface area contributed by atoms with Gasteiger partial charge in [-0.1, -0.05) is 52.1 Å². The van der Waals surface area contributed by atoms with Crippen LogP contribution in [0.5, 0.6) is 0 Å². The minimum Gasteiger partial charge on any atom is -0.353 e. The van der Waals surface area contributed by atoms with Crippen molar-refractivity contribution in [2.45, 2.75) is 38.9 Å². The second-order valence-electron chi connectivity index (χ2n) is 5.29. The molecule has 78 valence electrons. The lowest BCUT2D eigenvalue weighted by Crippen LogP contribution is -2.50. The van der Waals surface area contributed by atoms with Crippen LogP contribution in [0.15, 0.2) is 18.3 Å². The van der Waals surface area contributed by atoms with Gasteiger partial charge in [0.05, 0.1) is 8.07 Å². The molecule has 1 N–H and O–H groups in total. The molecule has 1 heterocycles. The summed E-state index contributed by atoms with van der Waals surface area (Å²) in [4.78, 5) is 3.13. The van der Waals surface area contributed by atoms with E-state index in [1.807, 2.05) is 12.3 Å². The molecule has 0 aromatic carbocycles. The van der Waals surface area contributed by atoms with Gasteiger partial charge in [0.1, 0.15) is 4.64 Å². The number of pyridine rings is 1. The summed E-state index contributed by atoms with van der Waals surface area (Å²) in [5, 5.41) is 1.71. The highest BCUT2D eigenvalue weighted by Gasteiger charge is 2.37. The SMILES string of the molecule is CC(C)(C)[Si](C)(C)c1ccc[nH]c1=S. The fraction of sp³-hybridized carbons (Fsp3) is 0.545. The Kier molecular flexibility index (Phi) is 3.02. The molecule has 0 saturated carbocycles. The van der Waals surface area contributed by atoms with Crippen molar-refractivity contribution in [2.24, 2.45) is 0 Å². The van der Waals surface area contributed by atoms with Crippen molar-refractivity contribution >= 4 is 25.5 Å². The monoisotopic (exact) mass is 225 g/mol. The van der Waals surface area contributed by atoms with Crippen LogP contribution < -0.4 is 5.19 Å². The first-order chi connectivity index (χ1) is 6.27. The second kappa shape index (κ2) is 3.63. The third-order valence-electron chi connectivity index (χ3n) is 3.37. The molecule has 3 heteroatoms. The predicted molar refractivity (Wildman–Crippen MR) is 68.5 cm³/mol. The van der Waals surface area contributed by atoms with Crippen LogP contribution >= 0.6 is 12.2 Å². The van der Waals surface area contributed by atoms with Gasteiger partial charge in [0.25, 0.3) is 0 Å². The Hall–Kier alpha value is -0.413. The normalized spacial score (nSPS) is 12.9. The van der Waals surface area contributed by atoms with E-state index < -0.39 is 8.07 Å². The molecule has 0 bridgehead atoms. The van der Waals surface area contributed by atoms with E-state index in [0.29, 0.717) is 5.04 Å². The van der Waals surface area contributed by atoms with Gasteiger partial charge in [-0.3, -0.25) is 0 Å². The van der Waals surface area contributed by atoms with Gasteiger partial charge >= 0.3 is 0 Å². The van der Waals surface area contributed by atoms with Crippen LogP contribution in [0, 0.1) is 4.64 Å². The van der Waals surface area contributed by atoms with Gasteiger partial charge in [-0.2, -0.15) is 0 Å². The smallest absolute Gasteiger partial charge is 0.102 e. The summed E-state index contributed by atoms with van der Waals surface area (Å²) in [7, 11) is -1.46. The summed E-state index contributed by atoms with van der Waals surface area (Å²) < 4.78 is 0.916. The van der Waals surface area contributed by atoms with Gasteiger partial charge in [0.15, 0.2) is 0 Å². The molecule has 0 amide bonds. The van der Waals surface area contributed by atoms with E-state index in [1.54, 1.807) is 0 Å². The molecule has 1 rings (SSSR count). The van der Waals surface area contributed by atoms with Crippen LogP contribution in [-0.4, -0.2) is 13.1 Å². The molecule has 14 heavy (non-hydrogen) atoms. The first-order valence-corrected chi connectivity index (χ1v) is 8.36. The maximum Gasteiger partial charge on any atom is 0.102 e. The Bertz CT molecular complexity index is 373. The van der Waals surface area contributed by atoms with E-state index >= 15 is 0 Å². The van der Waals surface area contributed by atoms with Crippen molar-refractivity contribution in [3.63, 3.8) is 0 Å². The summed E-state index contributed by atoms with van der Waals surface area (Å²) >= 11 is 5.35. The average molecular weight is 225 g/mol. The quantitative estimate of drug-likeness (QED) is 0.572. The molecular weight excluding hydrogens is 206 g/mol. The van der Waals surface area contributed by atoms with E-state index in [1.165, 1.54) is 5.19 Å². The lowest BCUT2D eigenvalue weighted by Gasteiger charge is -2.37. The number of nitrogens with one attached hydrogen (secondary N) is 1. The zero-order valence-electron chi connectivity index (χ0n) is 9.64. The number of aromatic nitrogens is 1. The fourth-order valence-corrected chi connectivity index (χ4v) is 4.18. The van der Waals surface area contributed by atoms with Crippen molar-refractivity contribution in [1.82, 2.24) is 4.98 Å². The Morgan fingerprint density at radius 1 is 1.29 bits per heavy atom. The first-order valence-electron chi connectivity index (χ1n) is 4.95. The number of hydrogen-bond acceptors (Lipinski definition) is 1. The maximum absolute atomic E-state index is 5.35. The van der Waals surface area contributed by atoms with Crippen LogP contribution in [0.1, 0.15) is 20.8 Å².